The van der Waals surface area contributed by atoms with E-state index in [0.29, 0.717) is 13.0 Å². The first-order valence-corrected chi connectivity index (χ1v) is 7.19. The fraction of sp³-hybridized carbons (Fsp3) is 0.600. The number of anilines is 1. The number of nitrogens with one attached hydrogen (secondary N) is 2. The van der Waals surface area contributed by atoms with Crippen molar-refractivity contribution in [3.05, 3.63) is 23.9 Å². The highest BCUT2D eigenvalue weighted by Gasteiger charge is 2.26. The number of nitrogens with zero attached hydrogens (tertiary/aromatic N) is 1. The highest BCUT2D eigenvalue weighted by atomic mass is 16.2. The van der Waals surface area contributed by atoms with Crippen molar-refractivity contribution in [3.8, 4) is 0 Å². The molecular formula is C15H26N4O. The van der Waals surface area contributed by atoms with Gasteiger partial charge in [-0.3, -0.25) is 4.79 Å². The summed E-state index contributed by atoms with van der Waals surface area (Å²) in [5.41, 5.74) is 6.33. The maximum atomic E-state index is 11.9. The van der Waals surface area contributed by atoms with Gasteiger partial charge in [0, 0.05) is 19.3 Å². The smallest absolute Gasteiger partial charge is 0.239 e. The van der Waals surface area contributed by atoms with Crippen molar-refractivity contribution in [1.29, 1.82) is 0 Å². The second kappa shape index (κ2) is 7.85. The van der Waals surface area contributed by atoms with Gasteiger partial charge in [-0.15, -0.1) is 0 Å². The average Bonchev–Trinajstić information content (AvgIpc) is 2.40. The van der Waals surface area contributed by atoms with E-state index in [9.17, 15) is 4.79 Å². The van der Waals surface area contributed by atoms with Crippen molar-refractivity contribution in [2.75, 3.05) is 18.4 Å². The number of hydrogen-bond acceptors (Lipinski definition) is 4. The zero-order chi connectivity index (χ0) is 15.0. The van der Waals surface area contributed by atoms with E-state index < -0.39 is 5.54 Å². The summed E-state index contributed by atoms with van der Waals surface area (Å²) >= 11 is 0. The number of amides is 1. The molecule has 0 aliphatic heterocycles. The predicted octanol–water partition coefficient (Wildman–Crippen LogP) is 1.83. The molecule has 112 valence electrons. The molecule has 0 radical (unpaired) electrons. The molecule has 20 heavy (non-hydrogen) atoms. The molecule has 0 saturated heterocycles. The van der Waals surface area contributed by atoms with Crippen molar-refractivity contribution in [2.24, 2.45) is 5.73 Å². The van der Waals surface area contributed by atoms with E-state index in [2.05, 4.69) is 15.6 Å². The van der Waals surface area contributed by atoms with E-state index >= 15 is 0 Å². The molecule has 0 spiro atoms. The first kappa shape index (κ1) is 16.4. The van der Waals surface area contributed by atoms with Crippen LogP contribution in [0.4, 0.5) is 5.82 Å². The second-order valence-electron chi connectivity index (χ2n) is 5.42. The molecule has 0 aliphatic rings. The number of aryl methyl sites for hydroxylation is 1. The summed E-state index contributed by atoms with van der Waals surface area (Å²) in [4.78, 5) is 16.1. The molecule has 1 aromatic heterocycles. The van der Waals surface area contributed by atoms with Gasteiger partial charge in [0.25, 0.3) is 0 Å². The quantitative estimate of drug-likeness (QED) is 0.634. The third-order valence-corrected chi connectivity index (χ3v) is 3.14. The van der Waals surface area contributed by atoms with Crippen molar-refractivity contribution in [1.82, 2.24) is 10.3 Å². The van der Waals surface area contributed by atoms with Crippen LogP contribution in [0.15, 0.2) is 18.3 Å². The van der Waals surface area contributed by atoms with E-state index in [1.807, 2.05) is 32.2 Å². The summed E-state index contributed by atoms with van der Waals surface area (Å²) in [6.07, 6.45) is 4.27. The van der Waals surface area contributed by atoms with E-state index in [1.165, 1.54) is 0 Å². The van der Waals surface area contributed by atoms with Crippen LogP contribution < -0.4 is 16.4 Å². The van der Waals surface area contributed by atoms with Crippen LogP contribution in [0.5, 0.6) is 0 Å². The van der Waals surface area contributed by atoms with Crippen molar-refractivity contribution < 1.29 is 4.79 Å². The number of nitrogens with two attached hydrogens (primary N) is 1. The van der Waals surface area contributed by atoms with Gasteiger partial charge in [0.15, 0.2) is 0 Å². The van der Waals surface area contributed by atoms with Crippen molar-refractivity contribution in [2.45, 2.75) is 45.6 Å². The van der Waals surface area contributed by atoms with Gasteiger partial charge in [0.2, 0.25) is 5.91 Å². The van der Waals surface area contributed by atoms with Gasteiger partial charge in [-0.25, -0.2) is 4.98 Å². The molecule has 0 saturated carbocycles. The molecule has 1 atom stereocenters. The Bertz CT molecular complexity index is 414. The summed E-state index contributed by atoms with van der Waals surface area (Å²) in [5, 5.41) is 6.09. The van der Waals surface area contributed by atoms with Gasteiger partial charge in [-0.1, -0.05) is 19.4 Å². The zero-order valence-corrected chi connectivity index (χ0v) is 12.7. The number of hydrogen-bond donors (Lipinski definition) is 3. The Hall–Kier alpha value is -1.62. The fourth-order valence-electron chi connectivity index (χ4n) is 1.91. The van der Waals surface area contributed by atoms with Gasteiger partial charge in [0.05, 0.1) is 5.54 Å². The Morgan fingerprint density at radius 1 is 1.40 bits per heavy atom. The Kier molecular flexibility index (Phi) is 6.45. The van der Waals surface area contributed by atoms with E-state index in [0.717, 1.165) is 30.8 Å². The highest BCUT2D eigenvalue weighted by Crippen LogP contribution is 2.08. The molecule has 1 aromatic rings. The molecular weight excluding hydrogens is 252 g/mol. The van der Waals surface area contributed by atoms with E-state index in [1.54, 1.807) is 6.92 Å². The number of rotatable bonds is 8. The number of aromatic nitrogens is 1. The highest BCUT2D eigenvalue weighted by molar-refractivity contribution is 5.85. The van der Waals surface area contributed by atoms with Gasteiger partial charge in [-0.2, -0.15) is 0 Å². The van der Waals surface area contributed by atoms with Crippen molar-refractivity contribution >= 4 is 11.7 Å². The minimum Gasteiger partial charge on any atom is -0.370 e. The molecule has 1 unspecified atom stereocenters. The minimum absolute atomic E-state index is 0.0761. The SMILES string of the molecule is CCCC(C)(N)C(=O)NCCCNc1ccc(C)cn1. The van der Waals surface area contributed by atoms with Gasteiger partial charge in [-0.05, 0) is 38.3 Å². The summed E-state index contributed by atoms with van der Waals surface area (Å²) in [6, 6.07) is 3.97. The summed E-state index contributed by atoms with van der Waals surface area (Å²) in [5.74, 6) is 0.782. The van der Waals surface area contributed by atoms with Crippen LogP contribution in [0, 0.1) is 6.92 Å². The van der Waals surface area contributed by atoms with Crippen LogP contribution in [0.1, 0.15) is 38.7 Å². The van der Waals surface area contributed by atoms with Gasteiger partial charge in [0.1, 0.15) is 5.82 Å². The van der Waals surface area contributed by atoms with Crippen molar-refractivity contribution in [3.63, 3.8) is 0 Å². The normalized spacial score (nSPS) is 13.6. The minimum atomic E-state index is -0.763. The molecule has 5 nitrogen and oxygen atoms in total. The topological polar surface area (TPSA) is 80.0 Å². The van der Waals surface area contributed by atoms with E-state index in [4.69, 9.17) is 5.73 Å². The third-order valence-electron chi connectivity index (χ3n) is 3.14. The van der Waals surface area contributed by atoms with Crippen LogP contribution in [0.25, 0.3) is 0 Å². The van der Waals surface area contributed by atoms with Crippen LogP contribution in [-0.2, 0) is 4.79 Å². The summed E-state index contributed by atoms with van der Waals surface area (Å²) < 4.78 is 0. The van der Waals surface area contributed by atoms with Crippen LogP contribution in [-0.4, -0.2) is 29.5 Å². The lowest BCUT2D eigenvalue weighted by molar-refractivity contribution is -0.126. The average molecular weight is 278 g/mol. The molecule has 1 amide bonds. The lowest BCUT2D eigenvalue weighted by Gasteiger charge is -2.22. The summed E-state index contributed by atoms with van der Waals surface area (Å²) in [7, 11) is 0. The third kappa shape index (κ3) is 5.57. The fourth-order valence-corrected chi connectivity index (χ4v) is 1.91. The standard InChI is InChI=1S/C15H26N4O/c1-4-8-15(3,16)14(20)18-10-5-9-17-13-7-6-12(2)11-19-13/h6-7,11H,4-5,8-10,16H2,1-3H3,(H,17,19)(H,18,20). The molecule has 0 fully saturated rings. The predicted molar refractivity (Wildman–Crippen MR) is 82.6 cm³/mol. The first-order valence-electron chi connectivity index (χ1n) is 7.19. The number of carbonyl (C=O) groups excluding carboxylic acids is 1. The molecule has 4 N–H and O–H groups in total. The first-order chi connectivity index (χ1) is 9.45. The lowest BCUT2D eigenvalue weighted by atomic mass is 9.96. The van der Waals surface area contributed by atoms with Gasteiger partial charge >= 0.3 is 0 Å². The van der Waals surface area contributed by atoms with Crippen LogP contribution in [0.2, 0.25) is 0 Å². The lowest BCUT2D eigenvalue weighted by Crippen LogP contribution is -2.51. The number of pyridine rings is 1. The largest absolute Gasteiger partial charge is 0.370 e. The Balaban J connectivity index is 2.19. The molecule has 0 aromatic carbocycles. The Morgan fingerprint density at radius 2 is 2.15 bits per heavy atom. The Morgan fingerprint density at radius 3 is 2.75 bits per heavy atom. The van der Waals surface area contributed by atoms with E-state index in [-0.39, 0.29) is 5.91 Å². The number of carbonyl (C=O) groups is 1. The monoisotopic (exact) mass is 278 g/mol. The zero-order valence-electron chi connectivity index (χ0n) is 12.7. The van der Waals surface area contributed by atoms with Gasteiger partial charge < -0.3 is 16.4 Å². The Labute approximate surface area is 121 Å². The maximum absolute atomic E-state index is 11.9. The summed E-state index contributed by atoms with van der Waals surface area (Å²) in [6.45, 7) is 7.20. The molecule has 1 rings (SSSR count). The van der Waals surface area contributed by atoms with Crippen LogP contribution in [0.3, 0.4) is 0 Å². The molecule has 0 aliphatic carbocycles. The molecule has 1 heterocycles. The molecule has 0 bridgehead atoms. The van der Waals surface area contributed by atoms with Crippen LogP contribution >= 0.6 is 0 Å². The molecule has 5 heteroatoms. The maximum Gasteiger partial charge on any atom is 0.239 e. The second-order valence-corrected chi connectivity index (χ2v) is 5.42.